The van der Waals surface area contributed by atoms with E-state index in [9.17, 15) is 19.2 Å². The zero-order chi connectivity index (χ0) is 34.8. The molecule has 3 aliphatic rings. The number of hydrogen-bond acceptors (Lipinski definition) is 9. The summed E-state index contributed by atoms with van der Waals surface area (Å²) in [4.78, 5) is 59.9. The van der Waals surface area contributed by atoms with E-state index in [1.807, 2.05) is 30.3 Å². The van der Waals surface area contributed by atoms with Crippen molar-refractivity contribution >= 4 is 34.3 Å². The van der Waals surface area contributed by atoms with Crippen molar-refractivity contribution < 1.29 is 23.9 Å². The van der Waals surface area contributed by atoms with Gasteiger partial charge >= 0.3 is 0 Å². The lowest BCUT2D eigenvalue weighted by Crippen LogP contribution is -2.63. The molecular weight excluding hydrogens is 624 g/mol. The first-order valence-electron chi connectivity index (χ1n) is 17.3. The molecule has 6 rings (SSSR count). The number of ether oxygens (including phenoxy) is 2. The molecule has 2 saturated heterocycles. The fourth-order valence-electron chi connectivity index (χ4n) is 8.12. The summed E-state index contributed by atoms with van der Waals surface area (Å²) in [5.74, 6) is 0.0170. The predicted octanol–water partition coefficient (Wildman–Crippen LogP) is 3.28. The Morgan fingerprint density at radius 1 is 0.959 bits per heavy atom. The zero-order valence-electron chi connectivity index (χ0n) is 29.0. The number of benzene rings is 1. The lowest BCUT2D eigenvalue weighted by molar-refractivity contribution is -0.135. The Labute approximate surface area is 287 Å². The number of carbonyl (C=O) groups excluding carboxylic acids is 3. The highest BCUT2D eigenvalue weighted by Gasteiger charge is 2.53. The summed E-state index contributed by atoms with van der Waals surface area (Å²) in [6, 6.07) is 12.3. The molecule has 3 amide bonds. The van der Waals surface area contributed by atoms with Crippen molar-refractivity contribution in [3.05, 3.63) is 70.3 Å². The van der Waals surface area contributed by atoms with Crippen molar-refractivity contribution in [3.8, 4) is 0 Å². The molecule has 1 aliphatic carbocycles. The second-order valence-corrected chi connectivity index (χ2v) is 14.8. The van der Waals surface area contributed by atoms with Crippen LogP contribution in [0.1, 0.15) is 69.1 Å². The van der Waals surface area contributed by atoms with E-state index in [2.05, 4.69) is 53.1 Å². The van der Waals surface area contributed by atoms with Crippen LogP contribution in [-0.2, 0) is 25.7 Å². The minimum atomic E-state index is -0.760. The molecule has 0 radical (unpaired) electrons. The minimum Gasteiger partial charge on any atom is -0.378 e. The first-order valence-corrected chi connectivity index (χ1v) is 17.3. The number of anilines is 1. The number of piperidine rings is 1. The average Bonchev–Trinajstić information content (AvgIpc) is 3.07. The van der Waals surface area contributed by atoms with Gasteiger partial charge in [-0.3, -0.25) is 34.0 Å². The van der Waals surface area contributed by atoms with Crippen molar-refractivity contribution in [2.24, 2.45) is 10.8 Å². The molecule has 0 spiro atoms. The quantitative estimate of drug-likeness (QED) is 0.220. The number of pyridine rings is 2. The largest absolute Gasteiger partial charge is 0.378 e. The van der Waals surface area contributed by atoms with Crippen LogP contribution in [0.25, 0.3) is 10.8 Å². The third-order valence-corrected chi connectivity index (χ3v) is 10.2. The molecule has 49 heavy (non-hydrogen) atoms. The van der Waals surface area contributed by atoms with E-state index in [-0.39, 0.29) is 53.7 Å². The molecular formula is C37H48N6O6. The number of fused-ring (bicyclic) bond motifs is 1. The Balaban J connectivity index is 0.916. The highest BCUT2D eigenvalue weighted by molar-refractivity contribution is 5.99. The molecule has 1 atom stereocenters. The van der Waals surface area contributed by atoms with Crippen molar-refractivity contribution in [1.82, 2.24) is 25.1 Å². The number of carbonyl (C=O) groups is 3. The van der Waals surface area contributed by atoms with Crippen LogP contribution in [0.5, 0.6) is 0 Å². The van der Waals surface area contributed by atoms with Crippen molar-refractivity contribution in [2.45, 2.75) is 65.6 Å². The number of hydrogen-bond donors (Lipinski definition) is 2. The van der Waals surface area contributed by atoms with Crippen LogP contribution in [0, 0.1) is 10.8 Å². The predicted molar refractivity (Wildman–Crippen MR) is 186 cm³/mol. The van der Waals surface area contributed by atoms with Crippen LogP contribution < -0.4 is 21.1 Å². The molecule has 3 aromatic rings. The summed E-state index contributed by atoms with van der Waals surface area (Å²) in [6.45, 7) is 14.5. The molecule has 262 valence electrons. The Kier molecular flexibility index (Phi) is 10.2. The number of nitrogens with one attached hydrogen (secondary N) is 2. The summed E-state index contributed by atoms with van der Waals surface area (Å²) in [7, 11) is 0. The first kappa shape index (κ1) is 34.7. The number of piperazine rings is 1. The van der Waals surface area contributed by atoms with Gasteiger partial charge in [0, 0.05) is 62.5 Å². The second-order valence-electron chi connectivity index (χ2n) is 14.8. The molecule has 12 heteroatoms. The highest BCUT2D eigenvalue weighted by atomic mass is 16.5. The summed E-state index contributed by atoms with van der Waals surface area (Å²) < 4.78 is 13.2. The fraction of sp³-hybridized carbons (Fsp3) is 0.541. The Morgan fingerprint density at radius 2 is 1.69 bits per heavy atom. The molecule has 2 aromatic heterocycles. The number of aromatic nitrogens is 2. The molecule has 1 unspecified atom stereocenters. The van der Waals surface area contributed by atoms with Gasteiger partial charge in [-0.15, -0.1) is 0 Å². The average molecular weight is 673 g/mol. The first-order chi connectivity index (χ1) is 23.4. The van der Waals surface area contributed by atoms with Gasteiger partial charge in [0.1, 0.15) is 11.9 Å². The maximum Gasteiger partial charge on any atom is 0.259 e. The Hall–Kier alpha value is -4.13. The molecule has 2 aliphatic heterocycles. The van der Waals surface area contributed by atoms with Gasteiger partial charge in [-0.25, -0.2) is 4.98 Å². The maximum absolute atomic E-state index is 13.4. The highest BCUT2D eigenvalue weighted by Crippen LogP contribution is 2.53. The lowest BCUT2D eigenvalue weighted by atomic mass is 9.52. The van der Waals surface area contributed by atoms with Crippen LogP contribution in [0.2, 0.25) is 0 Å². The zero-order valence-corrected chi connectivity index (χ0v) is 29.0. The van der Waals surface area contributed by atoms with Crippen LogP contribution in [0.3, 0.4) is 0 Å². The van der Waals surface area contributed by atoms with E-state index in [4.69, 9.17) is 9.47 Å². The van der Waals surface area contributed by atoms with Crippen LogP contribution in [0.15, 0.2) is 53.5 Å². The summed E-state index contributed by atoms with van der Waals surface area (Å²) in [6.07, 6.45) is 3.22. The number of amides is 3. The summed E-state index contributed by atoms with van der Waals surface area (Å²) in [5.41, 5.74) is 1.10. The van der Waals surface area contributed by atoms with Gasteiger partial charge in [-0.2, -0.15) is 0 Å². The van der Waals surface area contributed by atoms with E-state index in [0.717, 1.165) is 50.3 Å². The van der Waals surface area contributed by atoms with Crippen LogP contribution in [-0.4, -0.2) is 90.8 Å². The SMILES string of the molecule is CC1(C)CC(C)(C)C1NC(=O)c1ccc(N2CCN(CCOCCOCc3cc4ccccc4c(=O)n3C3CCC(=O)NC3=O)CC2)nc1. The molecule has 3 fully saturated rings. The second kappa shape index (κ2) is 14.4. The molecule has 4 heterocycles. The van der Waals surface area contributed by atoms with Crippen LogP contribution in [0.4, 0.5) is 5.82 Å². The maximum atomic E-state index is 13.4. The summed E-state index contributed by atoms with van der Waals surface area (Å²) in [5, 5.41) is 6.88. The number of rotatable bonds is 12. The van der Waals surface area contributed by atoms with Crippen molar-refractivity contribution in [2.75, 3.05) is 57.4 Å². The van der Waals surface area contributed by atoms with Crippen LogP contribution >= 0.6 is 0 Å². The third-order valence-electron chi connectivity index (χ3n) is 10.2. The normalized spacial score (nSPS) is 21.0. The van der Waals surface area contributed by atoms with E-state index >= 15 is 0 Å². The van der Waals surface area contributed by atoms with E-state index in [1.54, 1.807) is 18.3 Å². The molecule has 2 N–H and O–H groups in total. The molecule has 1 aromatic carbocycles. The van der Waals surface area contributed by atoms with E-state index in [1.165, 1.54) is 4.57 Å². The van der Waals surface area contributed by atoms with Crippen molar-refractivity contribution in [3.63, 3.8) is 0 Å². The molecule has 12 nitrogen and oxygen atoms in total. The van der Waals surface area contributed by atoms with Gasteiger partial charge in [-0.1, -0.05) is 45.9 Å². The van der Waals surface area contributed by atoms with Gasteiger partial charge in [0.2, 0.25) is 11.8 Å². The standard InChI is InChI=1S/C37H48N6O6/c1-36(2)24-37(3,4)35(36)40-32(45)26-9-11-30(38-22-26)42-15-13-41(14-16-42)17-18-48-19-20-49-23-27-21-25-7-5-6-8-28(25)34(47)43(27)29-10-12-31(44)39-33(29)46/h5-9,11,21-22,29,35H,10,12-20,23-24H2,1-4H3,(H,40,45)(H,39,44,46). The van der Waals surface area contributed by atoms with Crippen molar-refractivity contribution in [1.29, 1.82) is 0 Å². The van der Waals surface area contributed by atoms with Gasteiger partial charge in [0.15, 0.2) is 0 Å². The Morgan fingerprint density at radius 3 is 2.39 bits per heavy atom. The third kappa shape index (κ3) is 7.71. The summed E-state index contributed by atoms with van der Waals surface area (Å²) >= 11 is 0. The monoisotopic (exact) mass is 672 g/mol. The van der Waals surface area contributed by atoms with Gasteiger partial charge < -0.3 is 19.7 Å². The fourth-order valence-corrected chi connectivity index (χ4v) is 8.12. The van der Waals surface area contributed by atoms with Gasteiger partial charge in [-0.05, 0) is 53.3 Å². The minimum absolute atomic E-state index is 0.0683. The molecule has 0 bridgehead atoms. The smallest absolute Gasteiger partial charge is 0.259 e. The molecule has 1 saturated carbocycles. The van der Waals surface area contributed by atoms with Gasteiger partial charge in [0.25, 0.3) is 11.5 Å². The number of imide groups is 1. The lowest BCUT2D eigenvalue weighted by Gasteiger charge is -2.57. The van der Waals surface area contributed by atoms with E-state index in [0.29, 0.717) is 36.5 Å². The topological polar surface area (TPSA) is 135 Å². The number of nitrogens with zero attached hydrogens (tertiary/aromatic N) is 4. The Bertz CT molecular complexity index is 1730. The van der Waals surface area contributed by atoms with E-state index < -0.39 is 11.9 Å². The van der Waals surface area contributed by atoms with Gasteiger partial charge in [0.05, 0.1) is 32.0 Å².